The highest BCUT2D eigenvalue weighted by atomic mass is 127. The largest absolute Gasteiger partial charge is 0.504 e. The molecule has 3 aromatic rings. The third kappa shape index (κ3) is 4.02. The van der Waals surface area contributed by atoms with Crippen molar-refractivity contribution in [2.45, 2.75) is 19.9 Å². The first-order valence-corrected chi connectivity index (χ1v) is 12.4. The van der Waals surface area contributed by atoms with E-state index in [4.69, 9.17) is 9.47 Å². The van der Waals surface area contributed by atoms with Crippen LogP contribution in [0.25, 0.3) is 6.08 Å². The van der Waals surface area contributed by atoms with Crippen molar-refractivity contribution in [1.29, 1.82) is 0 Å². The molecule has 0 saturated carbocycles. The molecule has 0 bridgehead atoms. The van der Waals surface area contributed by atoms with Crippen LogP contribution in [0.2, 0.25) is 0 Å². The molecular weight excluding hydrogens is 563 g/mol. The van der Waals surface area contributed by atoms with E-state index in [2.05, 4.69) is 4.99 Å². The standard InChI is InChI=1S/C22H19IN2O5S2/c1-4-30-21(28)17-11(2)24-22-25(18(17)15-6-5-7-31-15)20(27)16(32-22)10-12-8-13(23)19(26)14(9-12)29-3/h5-10,18,26H,4H2,1-3H3/b16-10+/t18-/m0/s1. The van der Waals surface area contributed by atoms with Gasteiger partial charge in [-0.1, -0.05) is 17.4 Å². The van der Waals surface area contributed by atoms with Gasteiger partial charge in [0.05, 0.1) is 33.1 Å². The lowest BCUT2D eigenvalue weighted by molar-refractivity contribution is -0.139. The van der Waals surface area contributed by atoms with Crippen LogP contribution in [0.3, 0.4) is 0 Å². The average Bonchev–Trinajstić information content (AvgIpc) is 3.38. The number of aromatic nitrogens is 1. The molecule has 7 nitrogen and oxygen atoms in total. The molecule has 0 amide bonds. The summed E-state index contributed by atoms with van der Waals surface area (Å²) in [5.74, 6) is -0.0915. The predicted molar refractivity (Wildman–Crippen MR) is 132 cm³/mol. The van der Waals surface area contributed by atoms with Crippen molar-refractivity contribution < 1.29 is 19.4 Å². The van der Waals surface area contributed by atoms with E-state index in [1.54, 1.807) is 36.6 Å². The molecule has 10 heteroatoms. The van der Waals surface area contributed by atoms with Crippen LogP contribution in [0.5, 0.6) is 11.5 Å². The maximum atomic E-state index is 13.5. The summed E-state index contributed by atoms with van der Waals surface area (Å²) in [5, 5.41) is 12.0. The Labute approximate surface area is 205 Å². The molecule has 2 aromatic heterocycles. The van der Waals surface area contributed by atoms with Crippen molar-refractivity contribution in [2.75, 3.05) is 13.7 Å². The fourth-order valence-electron chi connectivity index (χ4n) is 3.49. The molecule has 0 fully saturated rings. The Morgan fingerprint density at radius 2 is 2.19 bits per heavy atom. The molecule has 1 aliphatic rings. The molecule has 0 radical (unpaired) electrons. The van der Waals surface area contributed by atoms with Crippen LogP contribution in [-0.2, 0) is 9.53 Å². The number of hydrogen-bond donors (Lipinski definition) is 1. The first kappa shape index (κ1) is 22.7. The third-order valence-electron chi connectivity index (χ3n) is 4.90. The lowest BCUT2D eigenvalue weighted by Gasteiger charge is -2.23. The number of thiazole rings is 1. The Morgan fingerprint density at radius 3 is 2.84 bits per heavy atom. The second kappa shape index (κ2) is 9.20. The van der Waals surface area contributed by atoms with Gasteiger partial charge in [0.15, 0.2) is 16.3 Å². The first-order valence-electron chi connectivity index (χ1n) is 9.65. The van der Waals surface area contributed by atoms with Gasteiger partial charge in [-0.15, -0.1) is 11.3 Å². The van der Waals surface area contributed by atoms with Crippen molar-refractivity contribution >= 4 is 57.3 Å². The monoisotopic (exact) mass is 582 g/mol. The Hall–Kier alpha value is -2.44. The van der Waals surface area contributed by atoms with Gasteiger partial charge < -0.3 is 14.6 Å². The number of ether oxygens (including phenoxy) is 2. The van der Waals surface area contributed by atoms with Gasteiger partial charge in [-0.25, -0.2) is 9.79 Å². The van der Waals surface area contributed by atoms with Gasteiger partial charge in [0.2, 0.25) is 0 Å². The molecule has 166 valence electrons. The van der Waals surface area contributed by atoms with Gasteiger partial charge in [0, 0.05) is 4.88 Å². The molecule has 3 heterocycles. The molecular formula is C22H19IN2O5S2. The first-order chi connectivity index (χ1) is 15.3. The number of carbonyl (C=O) groups excluding carboxylic acids is 1. The molecule has 0 aliphatic carbocycles. The van der Waals surface area contributed by atoms with Gasteiger partial charge in [0.1, 0.15) is 6.04 Å². The Morgan fingerprint density at radius 1 is 1.41 bits per heavy atom. The van der Waals surface area contributed by atoms with Crippen molar-refractivity contribution in [3.05, 3.63) is 74.6 Å². The minimum atomic E-state index is -0.595. The summed E-state index contributed by atoms with van der Waals surface area (Å²) >= 11 is 4.74. The lowest BCUT2D eigenvalue weighted by atomic mass is 10.0. The van der Waals surface area contributed by atoms with Crippen molar-refractivity contribution in [3.8, 4) is 11.5 Å². The summed E-state index contributed by atoms with van der Waals surface area (Å²) in [5.41, 5.74) is 1.37. The number of phenols is 1. The lowest BCUT2D eigenvalue weighted by Crippen LogP contribution is -2.39. The summed E-state index contributed by atoms with van der Waals surface area (Å²) in [6.45, 7) is 3.74. The number of nitrogens with zero attached hydrogens (tertiary/aromatic N) is 2. The summed E-state index contributed by atoms with van der Waals surface area (Å²) in [6.07, 6.45) is 1.74. The summed E-state index contributed by atoms with van der Waals surface area (Å²) in [7, 11) is 1.48. The number of thiophene rings is 1. The van der Waals surface area contributed by atoms with E-state index in [1.165, 1.54) is 29.8 Å². The quantitative estimate of drug-likeness (QED) is 0.369. The van der Waals surface area contributed by atoms with Crippen LogP contribution in [0.1, 0.15) is 30.3 Å². The maximum Gasteiger partial charge on any atom is 0.338 e. The molecule has 4 rings (SSSR count). The zero-order valence-electron chi connectivity index (χ0n) is 17.4. The molecule has 0 unspecified atom stereocenters. The van der Waals surface area contributed by atoms with Crippen LogP contribution in [0, 0.1) is 3.57 Å². The highest BCUT2D eigenvalue weighted by Gasteiger charge is 2.33. The van der Waals surface area contributed by atoms with E-state index in [9.17, 15) is 14.7 Å². The summed E-state index contributed by atoms with van der Waals surface area (Å²) < 4.78 is 13.1. The number of methoxy groups -OCH3 is 1. The van der Waals surface area contributed by atoms with Crippen LogP contribution in [-0.4, -0.2) is 29.4 Å². The SMILES string of the molecule is CCOC(=O)C1=C(C)N=c2s/c(=C/c3cc(I)c(O)c(OC)c3)c(=O)n2[C@H]1c1cccs1. The zero-order chi connectivity index (χ0) is 23.0. The second-order valence-electron chi connectivity index (χ2n) is 6.87. The molecule has 32 heavy (non-hydrogen) atoms. The zero-order valence-corrected chi connectivity index (χ0v) is 21.2. The van der Waals surface area contributed by atoms with Crippen LogP contribution in [0.15, 0.2) is 50.7 Å². The summed E-state index contributed by atoms with van der Waals surface area (Å²) in [4.78, 5) is 32.2. The highest BCUT2D eigenvalue weighted by molar-refractivity contribution is 14.1. The number of carbonyl (C=O) groups is 1. The van der Waals surface area contributed by atoms with Gasteiger partial charge in [-0.2, -0.15) is 0 Å². The molecule has 1 aliphatic heterocycles. The van der Waals surface area contributed by atoms with Crippen molar-refractivity contribution in [1.82, 2.24) is 4.57 Å². The number of halogens is 1. The van der Waals surface area contributed by atoms with E-state index < -0.39 is 12.0 Å². The van der Waals surface area contributed by atoms with Crippen molar-refractivity contribution in [2.24, 2.45) is 4.99 Å². The van der Waals surface area contributed by atoms with Gasteiger partial charge in [0.25, 0.3) is 5.56 Å². The molecule has 0 spiro atoms. The fourth-order valence-corrected chi connectivity index (χ4v) is 5.99. The number of benzene rings is 1. The predicted octanol–water partition coefficient (Wildman–Crippen LogP) is 3.18. The number of fused-ring (bicyclic) bond motifs is 1. The number of phenolic OH excluding ortho intramolecular Hbond substituents is 1. The Kier molecular flexibility index (Phi) is 6.54. The molecule has 0 saturated heterocycles. The van der Waals surface area contributed by atoms with E-state index >= 15 is 0 Å². The smallest absolute Gasteiger partial charge is 0.338 e. The maximum absolute atomic E-state index is 13.5. The number of rotatable bonds is 5. The number of hydrogen-bond acceptors (Lipinski definition) is 8. The molecule has 1 N–H and O–H groups in total. The highest BCUT2D eigenvalue weighted by Crippen LogP contribution is 2.34. The topological polar surface area (TPSA) is 90.1 Å². The van der Waals surface area contributed by atoms with E-state index in [0.717, 1.165) is 4.88 Å². The van der Waals surface area contributed by atoms with Crippen LogP contribution < -0.4 is 19.6 Å². The van der Waals surface area contributed by atoms with Crippen molar-refractivity contribution in [3.63, 3.8) is 0 Å². The Balaban J connectivity index is 1.93. The normalized spacial score (nSPS) is 16.0. The van der Waals surface area contributed by atoms with Crippen LogP contribution in [0.4, 0.5) is 0 Å². The minimum absolute atomic E-state index is 0.0547. The summed E-state index contributed by atoms with van der Waals surface area (Å²) in [6, 6.07) is 6.63. The Bertz CT molecular complexity index is 1400. The van der Waals surface area contributed by atoms with E-state index in [-0.39, 0.29) is 17.9 Å². The average molecular weight is 582 g/mol. The van der Waals surface area contributed by atoms with Gasteiger partial charge in [-0.3, -0.25) is 9.36 Å². The fraction of sp³-hybridized carbons (Fsp3) is 0.227. The second-order valence-corrected chi connectivity index (χ2v) is 10.0. The van der Waals surface area contributed by atoms with Gasteiger partial charge >= 0.3 is 5.97 Å². The van der Waals surface area contributed by atoms with Crippen LogP contribution >= 0.6 is 45.3 Å². The number of esters is 1. The minimum Gasteiger partial charge on any atom is -0.504 e. The molecule has 1 aromatic carbocycles. The number of aromatic hydroxyl groups is 1. The van der Waals surface area contributed by atoms with Gasteiger partial charge in [-0.05, 0) is 71.7 Å². The van der Waals surface area contributed by atoms with E-state index in [1.807, 2.05) is 40.1 Å². The molecule has 1 atom stereocenters. The number of allylic oxidation sites excluding steroid dienone is 1. The van der Waals surface area contributed by atoms with E-state index in [0.29, 0.717) is 35.5 Å². The third-order valence-corrected chi connectivity index (χ3v) is 7.63.